The molecule has 4 nitrogen and oxygen atoms in total. The molecule has 25 heavy (non-hydrogen) atoms. The second kappa shape index (κ2) is 9.13. The van der Waals surface area contributed by atoms with Crippen molar-refractivity contribution in [1.29, 1.82) is 0 Å². The molecule has 1 aliphatic rings. The second-order valence-corrected chi connectivity index (χ2v) is 7.50. The number of amides is 1. The molecule has 1 heterocycles. The highest BCUT2D eigenvalue weighted by Crippen LogP contribution is 2.20. The molecule has 0 radical (unpaired) electrons. The highest BCUT2D eigenvalue weighted by molar-refractivity contribution is 7.99. The lowest BCUT2D eigenvalue weighted by molar-refractivity contribution is -0.118. The zero-order valence-corrected chi connectivity index (χ0v) is 15.5. The number of carbonyl (C=O) groups is 1. The molecule has 0 bridgehead atoms. The maximum absolute atomic E-state index is 12.2. The summed E-state index contributed by atoms with van der Waals surface area (Å²) in [6, 6.07) is 15.0. The van der Waals surface area contributed by atoms with Gasteiger partial charge in [0.15, 0.2) is 6.61 Å². The van der Waals surface area contributed by atoms with Crippen LogP contribution in [0.5, 0.6) is 5.75 Å². The van der Waals surface area contributed by atoms with Crippen molar-refractivity contribution in [3.8, 4) is 5.75 Å². The molecule has 1 saturated heterocycles. The topological polar surface area (TPSA) is 41.6 Å². The highest BCUT2D eigenvalue weighted by Gasteiger charge is 2.14. The number of ether oxygens (including phenoxy) is 1. The van der Waals surface area contributed by atoms with Gasteiger partial charge in [0.05, 0.1) is 0 Å². The van der Waals surface area contributed by atoms with E-state index < -0.39 is 0 Å². The summed E-state index contributed by atoms with van der Waals surface area (Å²) in [5, 5.41) is 3.54. The third-order valence-corrected chi connectivity index (χ3v) is 5.13. The van der Waals surface area contributed by atoms with Crippen molar-refractivity contribution in [2.75, 3.05) is 36.5 Å². The van der Waals surface area contributed by atoms with Crippen LogP contribution >= 0.6 is 23.4 Å². The molecule has 0 spiro atoms. The number of rotatable bonds is 6. The number of hydrogen-bond acceptors (Lipinski definition) is 4. The zero-order valence-electron chi connectivity index (χ0n) is 13.9. The number of nitrogens with one attached hydrogen (secondary N) is 1. The fourth-order valence-corrected chi connectivity index (χ4v) is 3.83. The van der Waals surface area contributed by atoms with Gasteiger partial charge in [0, 0.05) is 41.8 Å². The average Bonchev–Trinajstić information content (AvgIpc) is 2.63. The van der Waals surface area contributed by atoms with Gasteiger partial charge in [0.2, 0.25) is 0 Å². The Bertz CT molecular complexity index is 720. The number of hydrogen-bond donors (Lipinski definition) is 1. The first-order chi connectivity index (χ1) is 12.2. The van der Waals surface area contributed by atoms with Gasteiger partial charge in [-0.3, -0.25) is 9.69 Å². The number of benzene rings is 2. The van der Waals surface area contributed by atoms with Crippen molar-refractivity contribution < 1.29 is 9.53 Å². The molecular formula is C19H21ClN2O2S. The van der Waals surface area contributed by atoms with Gasteiger partial charge in [0.1, 0.15) is 5.75 Å². The lowest BCUT2D eigenvalue weighted by Crippen LogP contribution is -2.32. The van der Waals surface area contributed by atoms with E-state index in [1.54, 1.807) is 24.3 Å². The number of para-hydroxylation sites is 1. The van der Waals surface area contributed by atoms with E-state index >= 15 is 0 Å². The van der Waals surface area contributed by atoms with Gasteiger partial charge in [-0.15, -0.1) is 0 Å². The van der Waals surface area contributed by atoms with Crippen molar-refractivity contribution in [2.45, 2.75) is 6.54 Å². The predicted molar refractivity (Wildman–Crippen MR) is 105 cm³/mol. The first-order valence-corrected chi connectivity index (χ1v) is 9.80. The summed E-state index contributed by atoms with van der Waals surface area (Å²) < 4.78 is 5.50. The van der Waals surface area contributed by atoms with Gasteiger partial charge >= 0.3 is 0 Å². The minimum atomic E-state index is -0.179. The number of thioether (sulfide) groups is 1. The van der Waals surface area contributed by atoms with Crippen LogP contribution in [0, 0.1) is 0 Å². The fourth-order valence-electron chi connectivity index (χ4n) is 2.67. The van der Waals surface area contributed by atoms with Crippen LogP contribution in [0.4, 0.5) is 5.69 Å². The number of halogens is 1. The average molecular weight is 377 g/mol. The highest BCUT2D eigenvalue weighted by atomic mass is 35.5. The summed E-state index contributed by atoms with van der Waals surface area (Å²) >= 11 is 7.91. The van der Waals surface area contributed by atoms with Crippen LogP contribution in [0.2, 0.25) is 5.02 Å². The summed E-state index contributed by atoms with van der Waals surface area (Å²) in [6.07, 6.45) is 0. The van der Waals surface area contributed by atoms with Gasteiger partial charge in [-0.25, -0.2) is 0 Å². The molecule has 1 N–H and O–H groups in total. The standard InChI is InChI=1S/C19H21ClN2O2S/c20-16-5-3-6-17(12-16)24-14-19(23)21-18-7-2-1-4-15(18)13-22-8-10-25-11-9-22/h1-7,12H,8-11,13-14H2,(H,21,23). The Morgan fingerprint density at radius 1 is 1.16 bits per heavy atom. The summed E-state index contributed by atoms with van der Waals surface area (Å²) in [5.41, 5.74) is 1.98. The van der Waals surface area contributed by atoms with Crippen LogP contribution in [0.25, 0.3) is 0 Å². The van der Waals surface area contributed by atoms with Gasteiger partial charge < -0.3 is 10.1 Å². The van der Waals surface area contributed by atoms with E-state index in [-0.39, 0.29) is 12.5 Å². The molecule has 0 atom stereocenters. The van der Waals surface area contributed by atoms with Crippen LogP contribution in [-0.2, 0) is 11.3 Å². The number of carbonyl (C=O) groups excluding carboxylic acids is 1. The Morgan fingerprint density at radius 2 is 1.96 bits per heavy atom. The van der Waals surface area contributed by atoms with E-state index in [1.807, 2.05) is 30.0 Å². The normalized spacial score (nSPS) is 14.9. The van der Waals surface area contributed by atoms with Crippen LogP contribution in [0.3, 0.4) is 0 Å². The quantitative estimate of drug-likeness (QED) is 0.830. The molecule has 1 aliphatic heterocycles. The molecule has 0 saturated carbocycles. The van der Waals surface area contributed by atoms with Crippen LogP contribution < -0.4 is 10.1 Å². The van der Waals surface area contributed by atoms with E-state index in [9.17, 15) is 4.79 Å². The Hall–Kier alpha value is -1.69. The molecular weight excluding hydrogens is 356 g/mol. The molecule has 0 aromatic heterocycles. The second-order valence-electron chi connectivity index (χ2n) is 5.84. The third-order valence-electron chi connectivity index (χ3n) is 3.96. The SMILES string of the molecule is O=C(COc1cccc(Cl)c1)Nc1ccccc1CN1CCSCC1. The summed E-state index contributed by atoms with van der Waals surface area (Å²) in [6.45, 7) is 2.98. The predicted octanol–water partition coefficient (Wildman–Crippen LogP) is 3.91. The maximum atomic E-state index is 12.2. The number of anilines is 1. The Labute approximate surface area is 157 Å². The van der Waals surface area contributed by atoms with Crippen LogP contribution in [-0.4, -0.2) is 42.0 Å². The van der Waals surface area contributed by atoms with E-state index in [4.69, 9.17) is 16.3 Å². The Balaban J connectivity index is 1.57. The lowest BCUT2D eigenvalue weighted by atomic mass is 10.1. The first-order valence-electron chi connectivity index (χ1n) is 8.27. The minimum Gasteiger partial charge on any atom is -0.484 e. The number of nitrogens with zero attached hydrogens (tertiary/aromatic N) is 1. The maximum Gasteiger partial charge on any atom is 0.262 e. The van der Waals surface area contributed by atoms with Crippen molar-refractivity contribution in [3.63, 3.8) is 0 Å². The Kier molecular flexibility index (Phi) is 6.62. The van der Waals surface area contributed by atoms with Gasteiger partial charge in [-0.1, -0.05) is 35.9 Å². The summed E-state index contributed by atoms with van der Waals surface area (Å²) in [7, 11) is 0. The molecule has 0 aliphatic carbocycles. The smallest absolute Gasteiger partial charge is 0.262 e. The monoisotopic (exact) mass is 376 g/mol. The zero-order chi connectivity index (χ0) is 17.5. The van der Waals surface area contributed by atoms with Crippen molar-refractivity contribution in [1.82, 2.24) is 4.90 Å². The molecule has 6 heteroatoms. The molecule has 132 valence electrons. The van der Waals surface area contributed by atoms with E-state index in [0.29, 0.717) is 10.8 Å². The molecule has 2 aromatic carbocycles. The van der Waals surface area contributed by atoms with Crippen molar-refractivity contribution in [2.24, 2.45) is 0 Å². The minimum absolute atomic E-state index is 0.0466. The van der Waals surface area contributed by atoms with Gasteiger partial charge in [-0.2, -0.15) is 11.8 Å². The summed E-state index contributed by atoms with van der Waals surface area (Å²) in [5.74, 6) is 2.74. The first kappa shape index (κ1) is 18.1. The largest absolute Gasteiger partial charge is 0.484 e. The third kappa shape index (κ3) is 5.66. The van der Waals surface area contributed by atoms with Crippen LogP contribution in [0.1, 0.15) is 5.56 Å². The molecule has 0 unspecified atom stereocenters. The molecule has 3 rings (SSSR count). The van der Waals surface area contributed by atoms with Gasteiger partial charge in [-0.05, 0) is 29.8 Å². The van der Waals surface area contributed by atoms with Gasteiger partial charge in [0.25, 0.3) is 5.91 Å². The van der Waals surface area contributed by atoms with E-state index in [0.717, 1.165) is 30.9 Å². The summed E-state index contributed by atoms with van der Waals surface area (Å²) in [4.78, 5) is 14.6. The van der Waals surface area contributed by atoms with Crippen molar-refractivity contribution in [3.05, 3.63) is 59.1 Å². The van der Waals surface area contributed by atoms with Crippen molar-refractivity contribution >= 4 is 35.0 Å². The fraction of sp³-hybridized carbons (Fsp3) is 0.316. The van der Waals surface area contributed by atoms with Crippen LogP contribution in [0.15, 0.2) is 48.5 Å². The lowest BCUT2D eigenvalue weighted by Gasteiger charge is -2.27. The molecule has 1 amide bonds. The van der Waals surface area contributed by atoms with E-state index in [2.05, 4.69) is 16.3 Å². The Morgan fingerprint density at radius 3 is 2.76 bits per heavy atom. The van der Waals surface area contributed by atoms with E-state index in [1.165, 1.54) is 11.5 Å². The molecule has 1 fully saturated rings. The molecule has 2 aromatic rings.